The minimum Gasteiger partial charge on any atom is -0.382 e. The molecule has 0 amide bonds. The zero-order chi connectivity index (χ0) is 36.6. The third kappa shape index (κ3) is 12.4. The van der Waals surface area contributed by atoms with Gasteiger partial charge in [-0.25, -0.2) is 0 Å². The lowest BCUT2D eigenvalue weighted by molar-refractivity contribution is 0.463. The second-order valence-electron chi connectivity index (χ2n) is 16.5. The Morgan fingerprint density at radius 2 is 0.648 bits per heavy atom. The molecule has 4 aromatic carbocycles. The Balaban J connectivity index is 0.000000167. The van der Waals surface area contributed by atoms with E-state index in [-0.39, 0.29) is 0 Å². The molecule has 54 heavy (non-hydrogen) atoms. The van der Waals surface area contributed by atoms with E-state index in [1.807, 2.05) is 0 Å². The molecule has 4 saturated carbocycles. The smallest absolute Gasteiger partial charge is 0.0629 e. The first-order valence-corrected chi connectivity index (χ1v) is 21.7. The van der Waals surface area contributed by atoms with Crippen molar-refractivity contribution in [3.05, 3.63) is 119 Å². The predicted molar refractivity (Wildman–Crippen MR) is 233 cm³/mol. The van der Waals surface area contributed by atoms with Gasteiger partial charge in [-0.05, 0) is 161 Å². The number of hydrogen-bond donors (Lipinski definition) is 2. The van der Waals surface area contributed by atoms with E-state index in [1.165, 1.54) is 173 Å². The van der Waals surface area contributed by atoms with Gasteiger partial charge >= 0.3 is 0 Å². The van der Waals surface area contributed by atoms with Crippen LogP contribution in [0, 0.1) is 0 Å². The molecule has 4 heteroatoms. The normalized spacial score (nSPS) is 18.3. The van der Waals surface area contributed by atoms with E-state index >= 15 is 0 Å². The van der Waals surface area contributed by atoms with Crippen molar-refractivity contribution in [2.45, 2.75) is 153 Å². The maximum atomic E-state index is 4.84. The summed E-state index contributed by atoms with van der Waals surface area (Å²) in [5.41, 5.74) is 13.0. The molecule has 4 nitrogen and oxygen atoms in total. The molecule has 0 spiro atoms. The Morgan fingerprint density at radius 1 is 0.352 bits per heavy atom. The molecule has 0 unspecified atom stereocenters. The highest BCUT2D eigenvalue weighted by atomic mass is 14.9. The van der Waals surface area contributed by atoms with E-state index in [1.54, 1.807) is 0 Å². The van der Waals surface area contributed by atoms with Gasteiger partial charge in [-0.2, -0.15) is 0 Å². The molecule has 0 aromatic heterocycles. The summed E-state index contributed by atoms with van der Waals surface area (Å²) in [7, 11) is 0. The maximum Gasteiger partial charge on any atom is 0.0629 e. The first-order chi connectivity index (χ1) is 26.7. The van der Waals surface area contributed by atoms with Gasteiger partial charge in [0.1, 0.15) is 0 Å². The molecule has 0 heterocycles. The molecular weight excluding hydrogens is 657 g/mol. The second-order valence-corrected chi connectivity index (χ2v) is 16.5. The zero-order valence-electron chi connectivity index (χ0n) is 32.8. The van der Waals surface area contributed by atoms with Gasteiger partial charge in [0.2, 0.25) is 0 Å². The molecule has 0 bridgehead atoms. The summed E-state index contributed by atoms with van der Waals surface area (Å²) in [5, 5.41) is 7.41. The number of aliphatic imine (C=N–C) groups is 2. The Labute approximate surface area is 326 Å². The van der Waals surface area contributed by atoms with Gasteiger partial charge in [-0.15, -0.1) is 0 Å². The Morgan fingerprint density at radius 3 is 0.981 bits per heavy atom. The maximum absolute atomic E-state index is 4.84. The minimum atomic E-state index is 0.669. The van der Waals surface area contributed by atoms with Crippen LogP contribution in [0.1, 0.15) is 151 Å². The molecule has 4 aromatic rings. The quantitative estimate of drug-likeness (QED) is 0.171. The lowest BCUT2D eigenvalue weighted by Gasteiger charge is -2.23. The summed E-state index contributed by atoms with van der Waals surface area (Å²) in [6.45, 7) is 0. The van der Waals surface area contributed by atoms with Crippen LogP contribution >= 0.6 is 0 Å². The van der Waals surface area contributed by atoms with Crippen molar-refractivity contribution in [3.8, 4) is 0 Å². The molecular formula is C50H64N4. The van der Waals surface area contributed by atoms with Crippen molar-refractivity contribution in [2.75, 3.05) is 10.6 Å². The van der Waals surface area contributed by atoms with Gasteiger partial charge in [-0.1, -0.05) is 99.9 Å². The van der Waals surface area contributed by atoms with E-state index in [2.05, 4.69) is 108 Å². The number of rotatable bonds is 10. The van der Waals surface area contributed by atoms with Crippen molar-refractivity contribution in [1.82, 2.24) is 0 Å². The zero-order valence-corrected chi connectivity index (χ0v) is 32.8. The van der Waals surface area contributed by atoms with Crippen molar-refractivity contribution in [2.24, 2.45) is 9.98 Å². The van der Waals surface area contributed by atoms with Crippen LogP contribution in [0.3, 0.4) is 0 Å². The Bertz CT molecular complexity index is 1590. The fraction of sp³-hybridized carbons (Fsp3) is 0.480. The van der Waals surface area contributed by atoms with Crippen molar-refractivity contribution < 1.29 is 0 Å². The molecule has 0 radical (unpaired) electrons. The molecule has 2 N–H and O–H groups in total. The van der Waals surface area contributed by atoms with Crippen molar-refractivity contribution in [3.63, 3.8) is 0 Å². The van der Waals surface area contributed by atoms with Gasteiger partial charge in [0, 0.05) is 34.9 Å². The Kier molecular flexibility index (Phi) is 14.5. The highest BCUT2D eigenvalue weighted by Crippen LogP contribution is 2.26. The third-order valence-corrected chi connectivity index (χ3v) is 12.0. The largest absolute Gasteiger partial charge is 0.382 e. The Hall–Kier alpha value is -4.18. The molecule has 8 rings (SSSR count). The summed E-state index contributed by atoms with van der Waals surface area (Å²) < 4.78 is 0. The van der Waals surface area contributed by atoms with E-state index in [4.69, 9.17) is 9.98 Å². The molecule has 0 atom stereocenters. The molecule has 4 fully saturated rings. The second kappa shape index (κ2) is 20.5. The van der Waals surface area contributed by atoms with E-state index in [9.17, 15) is 0 Å². The van der Waals surface area contributed by atoms with Crippen LogP contribution in [0.25, 0.3) is 0 Å². The fourth-order valence-electron chi connectivity index (χ4n) is 8.76. The minimum absolute atomic E-state index is 0.669. The first kappa shape index (κ1) is 38.1. The molecule has 0 aliphatic heterocycles. The van der Waals surface area contributed by atoms with Crippen LogP contribution in [0.2, 0.25) is 0 Å². The van der Waals surface area contributed by atoms with Gasteiger partial charge in [0.05, 0.1) is 11.4 Å². The van der Waals surface area contributed by atoms with Crippen LogP contribution in [-0.2, 0) is 12.8 Å². The van der Waals surface area contributed by atoms with Crippen LogP contribution in [-0.4, -0.2) is 23.5 Å². The first-order valence-electron chi connectivity index (χ1n) is 21.7. The van der Waals surface area contributed by atoms with Crippen LogP contribution in [0.4, 0.5) is 22.7 Å². The van der Waals surface area contributed by atoms with E-state index < -0.39 is 0 Å². The number of nitrogens with one attached hydrogen (secondary N) is 2. The summed E-state index contributed by atoms with van der Waals surface area (Å²) in [6, 6.07) is 37.0. The standard InChI is InChI=1S/2C25H32N2/c2*1-3-7-22(8-4-1)26-24-15-11-20(12-16-24)19-21-13-17-25(18-14-21)27-23-9-5-2-6-10-23/h2*11-18,22,26H,1-10,19H2. The number of nitrogens with zero attached hydrogens (tertiary/aromatic N) is 2. The molecule has 4 aliphatic rings. The fourth-order valence-corrected chi connectivity index (χ4v) is 8.76. The van der Waals surface area contributed by atoms with Crippen LogP contribution in [0.5, 0.6) is 0 Å². The summed E-state index contributed by atoms with van der Waals surface area (Å²) >= 11 is 0. The van der Waals surface area contributed by atoms with Gasteiger partial charge < -0.3 is 10.6 Å². The molecule has 284 valence electrons. The lowest BCUT2D eigenvalue weighted by Crippen LogP contribution is -2.22. The van der Waals surface area contributed by atoms with Gasteiger partial charge in [0.25, 0.3) is 0 Å². The average molecular weight is 721 g/mol. The van der Waals surface area contributed by atoms with E-state index in [0.717, 1.165) is 24.2 Å². The topological polar surface area (TPSA) is 48.8 Å². The number of anilines is 2. The summed E-state index contributed by atoms with van der Waals surface area (Å²) in [5.74, 6) is 0. The lowest BCUT2D eigenvalue weighted by atomic mass is 9.95. The van der Waals surface area contributed by atoms with Gasteiger partial charge in [0.15, 0.2) is 0 Å². The van der Waals surface area contributed by atoms with Gasteiger partial charge in [-0.3, -0.25) is 9.98 Å². The third-order valence-electron chi connectivity index (χ3n) is 12.0. The van der Waals surface area contributed by atoms with Crippen molar-refractivity contribution in [1.29, 1.82) is 0 Å². The molecule has 4 aliphatic carbocycles. The average Bonchev–Trinajstić information content (AvgIpc) is 3.23. The SMILES string of the molecule is c1cc(N=C2CCCCC2)ccc1Cc1ccc(NC2CCCCC2)cc1.c1cc(N=C2CCCCC2)ccc1Cc1ccc(NC2CCCCC2)cc1. The number of hydrogen-bond acceptors (Lipinski definition) is 4. The highest BCUT2D eigenvalue weighted by molar-refractivity contribution is 5.88. The van der Waals surface area contributed by atoms with Crippen LogP contribution in [0.15, 0.2) is 107 Å². The summed E-state index contributed by atoms with van der Waals surface area (Å²) in [6.07, 6.45) is 28.2. The predicted octanol–water partition coefficient (Wildman–Crippen LogP) is 14.1. The van der Waals surface area contributed by atoms with Crippen molar-refractivity contribution >= 4 is 34.2 Å². The summed E-state index contributed by atoms with van der Waals surface area (Å²) in [4.78, 5) is 9.68. The number of benzene rings is 4. The van der Waals surface area contributed by atoms with Crippen LogP contribution < -0.4 is 10.6 Å². The monoisotopic (exact) mass is 721 g/mol. The highest BCUT2D eigenvalue weighted by Gasteiger charge is 2.14. The molecule has 0 saturated heterocycles. The van der Waals surface area contributed by atoms with E-state index in [0.29, 0.717) is 12.1 Å².